The quantitative estimate of drug-likeness (QED) is 0.805. The molecule has 2 saturated heterocycles. The third kappa shape index (κ3) is 4.60. The first kappa shape index (κ1) is 16.7. The van der Waals surface area contributed by atoms with E-state index in [2.05, 4.69) is 12.2 Å². The van der Waals surface area contributed by atoms with Crippen LogP contribution in [0.25, 0.3) is 0 Å². The maximum Gasteiger partial charge on any atom is 0.249 e. The molecule has 112 valence electrons. The number of rotatable bonds is 4. The molecule has 0 aliphatic carbocycles. The lowest BCUT2D eigenvalue weighted by Crippen LogP contribution is -2.45. The van der Waals surface area contributed by atoms with Crippen molar-refractivity contribution < 1.29 is 14.3 Å². The minimum atomic E-state index is -0.305. The van der Waals surface area contributed by atoms with Gasteiger partial charge in [-0.25, -0.2) is 0 Å². The molecule has 0 aromatic rings. The summed E-state index contributed by atoms with van der Waals surface area (Å²) >= 11 is 0. The third-order valence-electron chi connectivity index (χ3n) is 4.01. The van der Waals surface area contributed by atoms with Gasteiger partial charge in [0.15, 0.2) is 0 Å². The molecule has 5 nitrogen and oxygen atoms in total. The molecule has 1 amide bonds. The molecule has 3 atom stereocenters. The van der Waals surface area contributed by atoms with Gasteiger partial charge in [-0.2, -0.15) is 0 Å². The van der Waals surface area contributed by atoms with Crippen molar-refractivity contribution in [1.29, 1.82) is 0 Å². The van der Waals surface area contributed by atoms with E-state index >= 15 is 0 Å². The Kier molecular flexibility index (Phi) is 7.07. The largest absolute Gasteiger partial charge is 0.381 e. The van der Waals surface area contributed by atoms with Crippen LogP contribution in [0.3, 0.4) is 0 Å². The minimum absolute atomic E-state index is 0. The highest BCUT2D eigenvalue weighted by Crippen LogP contribution is 2.21. The summed E-state index contributed by atoms with van der Waals surface area (Å²) in [5.74, 6) is 0.541. The Labute approximate surface area is 121 Å². The van der Waals surface area contributed by atoms with Gasteiger partial charge in [-0.1, -0.05) is 0 Å². The predicted octanol–water partition coefficient (Wildman–Crippen LogP) is 0.846. The van der Waals surface area contributed by atoms with E-state index in [9.17, 15) is 4.79 Å². The van der Waals surface area contributed by atoms with Crippen molar-refractivity contribution in [2.75, 3.05) is 19.8 Å². The average molecular weight is 293 g/mol. The highest BCUT2D eigenvalue weighted by atomic mass is 35.5. The van der Waals surface area contributed by atoms with E-state index in [0.717, 1.165) is 38.9 Å². The number of hydrogen-bond donors (Lipinski definition) is 2. The summed E-state index contributed by atoms with van der Waals surface area (Å²) in [6, 6.07) is 0.196. The Morgan fingerprint density at radius 3 is 2.58 bits per heavy atom. The lowest BCUT2D eigenvalue weighted by molar-refractivity contribution is -0.133. The van der Waals surface area contributed by atoms with Gasteiger partial charge in [0.25, 0.3) is 0 Å². The molecule has 2 rings (SSSR count). The topological polar surface area (TPSA) is 73.6 Å². The molecule has 3 N–H and O–H groups in total. The third-order valence-corrected chi connectivity index (χ3v) is 4.01. The molecule has 2 heterocycles. The summed E-state index contributed by atoms with van der Waals surface area (Å²) in [7, 11) is 0. The Bertz CT molecular complexity index is 285. The van der Waals surface area contributed by atoms with Gasteiger partial charge >= 0.3 is 0 Å². The van der Waals surface area contributed by atoms with Crippen LogP contribution in [0, 0.1) is 5.92 Å². The number of halogens is 1. The van der Waals surface area contributed by atoms with Gasteiger partial charge in [0, 0.05) is 25.8 Å². The first-order valence-corrected chi connectivity index (χ1v) is 6.94. The molecular formula is C13H25ClN2O3. The number of nitrogens with one attached hydrogen (secondary N) is 1. The maximum absolute atomic E-state index is 12.1. The normalized spacial score (nSPS) is 29.6. The zero-order valence-corrected chi connectivity index (χ0v) is 12.3. The van der Waals surface area contributed by atoms with Crippen LogP contribution in [0.5, 0.6) is 0 Å². The Morgan fingerprint density at radius 1 is 1.32 bits per heavy atom. The lowest BCUT2D eigenvalue weighted by Gasteiger charge is -2.29. The molecule has 0 aromatic carbocycles. The van der Waals surface area contributed by atoms with Crippen molar-refractivity contribution in [3.8, 4) is 0 Å². The van der Waals surface area contributed by atoms with Crippen LogP contribution in [0.15, 0.2) is 0 Å². The number of carbonyl (C=O) groups excluding carboxylic acids is 1. The van der Waals surface area contributed by atoms with E-state index < -0.39 is 0 Å². The standard InChI is InChI=1S/C13H24N2O3.ClH/c1-9(10-4-6-17-7-5-10)15-13(16)12-3-2-11(8-14)18-12;/h9-12H,2-8,14H2,1H3,(H,15,16);1H/t9?,11-,12+;/m1./s1. The second-order valence-electron chi connectivity index (χ2n) is 5.31. The van der Waals surface area contributed by atoms with Crippen LogP contribution in [-0.2, 0) is 14.3 Å². The maximum atomic E-state index is 12.1. The number of amides is 1. The van der Waals surface area contributed by atoms with Crippen LogP contribution in [-0.4, -0.2) is 43.9 Å². The monoisotopic (exact) mass is 292 g/mol. The van der Waals surface area contributed by atoms with E-state index in [-0.39, 0.29) is 36.6 Å². The predicted molar refractivity (Wildman–Crippen MR) is 75.3 cm³/mol. The minimum Gasteiger partial charge on any atom is -0.381 e. The Morgan fingerprint density at radius 2 is 2.00 bits per heavy atom. The SMILES string of the molecule is CC(NC(=O)[C@@H]1CC[C@H](CN)O1)C1CCOCC1.Cl. The summed E-state index contributed by atoms with van der Waals surface area (Å²) in [5.41, 5.74) is 5.54. The van der Waals surface area contributed by atoms with Crippen LogP contribution < -0.4 is 11.1 Å². The van der Waals surface area contributed by atoms with Gasteiger partial charge < -0.3 is 20.5 Å². The van der Waals surface area contributed by atoms with Crippen LogP contribution >= 0.6 is 12.4 Å². The smallest absolute Gasteiger partial charge is 0.249 e. The van der Waals surface area contributed by atoms with Gasteiger partial charge in [0.2, 0.25) is 5.91 Å². The molecular weight excluding hydrogens is 268 g/mol. The number of ether oxygens (including phenoxy) is 2. The molecule has 2 aliphatic rings. The van der Waals surface area contributed by atoms with Gasteiger partial charge in [-0.3, -0.25) is 4.79 Å². The summed E-state index contributed by atoms with van der Waals surface area (Å²) < 4.78 is 10.9. The second-order valence-corrected chi connectivity index (χ2v) is 5.31. The molecule has 19 heavy (non-hydrogen) atoms. The number of nitrogens with two attached hydrogens (primary N) is 1. The first-order chi connectivity index (χ1) is 8.70. The summed E-state index contributed by atoms with van der Waals surface area (Å²) in [4.78, 5) is 12.1. The van der Waals surface area contributed by atoms with E-state index in [1.165, 1.54) is 0 Å². The van der Waals surface area contributed by atoms with Gasteiger partial charge in [-0.05, 0) is 38.5 Å². The summed E-state index contributed by atoms with van der Waals surface area (Å²) in [6.45, 7) is 4.18. The number of carbonyl (C=O) groups is 1. The van der Waals surface area contributed by atoms with Crippen molar-refractivity contribution in [2.24, 2.45) is 11.7 Å². The van der Waals surface area contributed by atoms with Gasteiger partial charge in [0.1, 0.15) is 6.10 Å². The summed E-state index contributed by atoms with van der Waals surface area (Å²) in [6.07, 6.45) is 3.48. The van der Waals surface area contributed by atoms with Crippen molar-refractivity contribution in [1.82, 2.24) is 5.32 Å². The first-order valence-electron chi connectivity index (χ1n) is 6.94. The van der Waals surface area contributed by atoms with E-state index in [0.29, 0.717) is 12.5 Å². The molecule has 0 saturated carbocycles. The second kappa shape index (κ2) is 8.04. The molecule has 1 unspecified atom stereocenters. The van der Waals surface area contributed by atoms with E-state index in [1.807, 2.05) is 0 Å². The number of hydrogen-bond acceptors (Lipinski definition) is 4. The molecule has 2 aliphatic heterocycles. The van der Waals surface area contributed by atoms with Gasteiger partial charge in [-0.15, -0.1) is 12.4 Å². The molecule has 6 heteroatoms. The lowest BCUT2D eigenvalue weighted by atomic mass is 9.93. The molecule has 0 spiro atoms. The summed E-state index contributed by atoms with van der Waals surface area (Å²) in [5, 5.41) is 3.08. The zero-order valence-electron chi connectivity index (χ0n) is 11.5. The van der Waals surface area contributed by atoms with Crippen molar-refractivity contribution in [2.45, 2.75) is 50.9 Å². The van der Waals surface area contributed by atoms with Crippen LogP contribution in [0.1, 0.15) is 32.6 Å². The van der Waals surface area contributed by atoms with E-state index in [1.54, 1.807) is 0 Å². The van der Waals surface area contributed by atoms with E-state index in [4.69, 9.17) is 15.2 Å². The van der Waals surface area contributed by atoms with Crippen molar-refractivity contribution in [3.63, 3.8) is 0 Å². The fourth-order valence-corrected chi connectivity index (χ4v) is 2.72. The Hall–Kier alpha value is -0.360. The van der Waals surface area contributed by atoms with Crippen LogP contribution in [0.4, 0.5) is 0 Å². The van der Waals surface area contributed by atoms with Gasteiger partial charge in [0.05, 0.1) is 6.10 Å². The highest BCUT2D eigenvalue weighted by molar-refractivity contribution is 5.85. The van der Waals surface area contributed by atoms with Crippen molar-refractivity contribution >= 4 is 18.3 Å². The highest BCUT2D eigenvalue weighted by Gasteiger charge is 2.31. The van der Waals surface area contributed by atoms with Crippen LogP contribution in [0.2, 0.25) is 0 Å². The molecule has 0 aromatic heterocycles. The zero-order chi connectivity index (χ0) is 13.0. The van der Waals surface area contributed by atoms with Crippen molar-refractivity contribution in [3.05, 3.63) is 0 Å². The fraction of sp³-hybridized carbons (Fsp3) is 0.923. The molecule has 2 fully saturated rings. The fourth-order valence-electron chi connectivity index (χ4n) is 2.72. The average Bonchev–Trinajstić information content (AvgIpc) is 2.88. The molecule has 0 bridgehead atoms. The Balaban J connectivity index is 0.00000180. The molecule has 0 radical (unpaired) electrons.